The lowest BCUT2D eigenvalue weighted by atomic mass is 9.33. The van der Waals surface area contributed by atoms with Gasteiger partial charge in [-0.15, -0.1) is 0 Å². The number of carboxylic acids is 1. The average molecular weight is 1230 g/mol. The van der Waals surface area contributed by atoms with Gasteiger partial charge in [0.05, 0.1) is 49.5 Å². The Morgan fingerprint density at radius 2 is 1.29 bits per heavy atom. The molecule has 9 aliphatic rings. The Morgan fingerprint density at radius 1 is 0.663 bits per heavy atom. The van der Waals surface area contributed by atoms with Crippen LogP contribution in [-0.4, -0.2) is 252 Å². The summed E-state index contributed by atoms with van der Waals surface area (Å²) in [6.07, 6.45) is -32.4. The van der Waals surface area contributed by atoms with Gasteiger partial charge >= 0.3 is 17.9 Å². The first kappa shape index (κ1) is 67.2. The summed E-state index contributed by atoms with van der Waals surface area (Å²) in [6, 6.07) is 0. The van der Waals surface area contributed by atoms with E-state index in [1.54, 1.807) is 26.8 Å². The van der Waals surface area contributed by atoms with Crippen LogP contribution in [0.4, 0.5) is 0 Å². The highest BCUT2D eigenvalue weighted by Crippen LogP contribution is 2.76. The van der Waals surface area contributed by atoms with E-state index in [0.717, 1.165) is 11.9 Å². The van der Waals surface area contributed by atoms with Gasteiger partial charge in [0.2, 0.25) is 0 Å². The average Bonchev–Trinajstić information content (AvgIpc) is 0.674. The summed E-state index contributed by atoms with van der Waals surface area (Å²) in [5, 5.41) is 144. The molecule has 4 aliphatic heterocycles. The highest BCUT2D eigenvalue weighted by atomic mass is 16.8. The van der Waals surface area contributed by atoms with E-state index < -0.39 is 224 Å². The Balaban J connectivity index is 1.05. The van der Waals surface area contributed by atoms with Crippen LogP contribution in [0.2, 0.25) is 0 Å². The van der Waals surface area contributed by atoms with Crippen molar-refractivity contribution in [3.63, 3.8) is 0 Å². The van der Waals surface area contributed by atoms with E-state index in [2.05, 4.69) is 26.8 Å². The Labute approximate surface area is 498 Å². The fraction of sp³-hybridized carbons (Fsp3) is 0.864. The first-order chi connectivity index (χ1) is 40.3. The van der Waals surface area contributed by atoms with E-state index in [0.29, 0.717) is 37.7 Å². The normalized spacial score (nSPS) is 51.1. The number of carboxylic acid groups (broad SMARTS) is 1. The number of aliphatic carboxylic acids is 1. The molecule has 0 spiro atoms. The van der Waals surface area contributed by atoms with E-state index in [9.17, 15) is 85.6 Å². The van der Waals surface area contributed by atoms with Crippen molar-refractivity contribution in [2.75, 3.05) is 26.4 Å². The van der Waals surface area contributed by atoms with Gasteiger partial charge in [-0.05, 0) is 92.8 Å². The van der Waals surface area contributed by atoms with Crippen LogP contribution in [0.3, 0.4) is 0 Å². The van der Waals surface area contributed by atoms with Crippen LogP contribution in [-0.2, 0) is 66.5 Å². The lowest BCUT2D eigenvalue weighted by Crippen LogP contribution is -2.72. The first-order valence-corrected chi connectivity index (χ1v) is 29.9. The van der Waals surface area contributed by atoms with Gasteiger partial charge < -0.3 is 119 Å². The summed E-state index contributed by atoms with van der Waals surface area (Å²) in [7, 11) is 0. The van der Waals surface area contributed by atoms with Crippen LogP contribution >= 0.6 is 0 Å². The minimum atomic E-state index is -2.28. The number of allylic oxidation sites excluding steroid dienone is 3. The second-order valence-electron chi connectivity index (χ2n) is 27.3. The highest BCUT2D eigenvalue weighted by molar-refractivity contribution is 5.87. The molecule has 13 N–H and O–H groups in total. The highest BCUT2D eigenvalue weighted by Gasteiger charge is 2.74. The molecule has 0 aromatic rings. The molecule has 30 atom stereocenters. The molecule has 0 amide bonds. The van der Waals surface area contributed by atoms with Gasteiger partial charge in [-0.3, -0.25) is 4.79 Å². The van der Waals surface area contributed by atoms with Gasteiger partial charge in [-0.1, -0.05) is 59.3 Å². The number of carbonyl (C=O) groups is 4. The van der Waals surface area contributed by atoms with Gasteiger partial charge in [-0.25, -0.2) is 9.59 Å². The number of ether oxygens (including phenoxy) is 10. The molecule has 4 saturated carbocycles. The maximum Gasteiger partial charge on any atom is 0.335 e. The topological polar surface area (TPSA) is 424 Å². The summed E-state index contributed by atoms with van der Waals surface area (Å²) in [5.74, 6) is -4.24. The maximum atomic E-state index is 14.2. The molecule has 0 aromatic carbocycles. The third-order valence-electron chi connectivity index (χ3n) is 22.2. The lowest BCUT2D eigenvalue weighted by Gasteiger charge is -2.72. The summed E-state index contributed by atoms with van der Waals surface area (Å²) >= 11 is 0. The van der Waals surface area contributed by atoms with Crippen molar-refractivity contribution < 1.29 is 133 Å². The van der Waals surface area contributed by atoms with Crippen LogP contribution in [0.25, 0.3) is 0 Å². The van der Waals surface area contributed by atoms with E-state index in [1.165, 1.54) is 6.92 Å². The third-order valence-corrected chi connectivity index (χ3v) is 22.2. The van der Waals surface area contributed by atoms with Crippen molar-refractivity contribution in [1.82, 2.24) is 0 Å². The number of aliphatic hydroxyl groups is 12. The molecule has 3 unspecified atom stereocenters. The second-order valence-corrected chi connectivity index (χ2v) is 27.3. The van der Waals surface area contributed by atoms with Crippen molar-refractivity contribution >= 4 is 24.2 Å². The number of aldehydes is 1. The SMILES string of the molecule is C/C=C(/C)C(=O)O[C@H]1[C@H](OC(C)=O)[C@@]2(CO)C(CC1(C)C)C1=CCC3[C@@]4(C)CC[C@H](O[C@@H]5O[C@H](C(=O)O)[C@@H](O)[C@H](O[C@@H]6OC[C@H](O)[C@H](O)[C@H]6O[C@@H]6OC[C@@H](O)[C@H](O)[C@H]6O)[C@H]5O[C@@H]5O[C@H](CO)[C@H](O)[C@H](O)[C@H]5O)[C@@](C)(C=O)C4CC[C@@]3(C)[C@]1(C)C[C@H]2O. The number of rotatable bonds is 15. The quantitative estimate of drug-likeness (QED) is 0.0277. The Hall–Kier alpha value is -3.24. The summed E-state index contributed by atoms with van der Waals surface area (Å²) in [5.41, 5.74) is -4.42. The molecule has 8 fully saturated rings. The molecule has 488 valence electrons. The molecule has 0 aromatic heterocycles. The predicted octanol–water partition coefficient (Wildman–Crippen LogP) is -2.01. The predicted molar refractivity (Wildman–Crippen MR) is 289 cm³/mol. The van der Waals surface area contributed by atoms with Gasteiger partial charge in [0.15, 0.2) is 31.3 Å². The number of esters is 2. The minimum Gasteiger partial charge on any atom is -0.479 e. The molecule has 27 heteroatoms. The van der Waals surface area contributed by atoms with Gasteiger partial charge in [0.1, 0.15) is 97.8 Å². The summed E-state index contributed by atoms with van der Waals surface area (Å²) in [6.45, 7) is 13.8. The Morgan fingerprint density at radius 3 is 1.91 bits per heavy atom. The van der Waals surface area contributed by atoms with Crippen LogP contribution < -0.4 is 0 Å². The molecular formula is C59H90O27. The third kappa shape index (κ3) is 10.9. The fourth-order valence-corrected chi connectivity index (χ4v) is 17.0. The van der Waals surface area contributed by atoms with Crippen LogP contribution in [0.15, 0.2) is 23.3 Å². The summed E-state index contributed by atoms with van der Waals surface area (Å²) in [4.78, 5) is 53.8. The molecule has 4 heterocycles. The van der Waals surface area contributed by atoms with Gasteiger partial charge in [0.25, 0.3) is 0 Å². The molecular weight excluding hydrogens is 1140 g/mol. The standard InChI is InChI=1S/C59H90O27/c1-10-24(2)49(76)86-46-47(79-25(3)63)59(23-62)27(17-54(46,4)5)26-11-12-32-55(6)15-14-34(56(7,22-61)31(55)13-16-57(32,8)58(26,9)18-33(59)66)81-53-45(85-51-40(72)38(70)37(69)30(19-60)80-51)42(41(73)43(83-53)48(74)75)82-52-44(36(68)29(65)21-78-52)84-50-39(71)35(67)28(64)20-77-50/h10-11,22,27-47,50-53,60,62,64-73H,12-21,23H2,1-9H3,(H,74,75)/b24-10-/t27?,28-,29+,30-,31?,32?,33-,34+,35+,36+,37+,38+,39-,40-,41+,42+,43+,44-,45-,46+,47+,50+,51+,52+,53-,55+,56+,57-,58-,59+/m1/s1. The zero-order chi connectivity index (χ0) is 63.3. The van der Waals surface area contributed by atoms with E-state index in [1.807, 2.05) is 13.8 Å². The van der Waals surface area contributed by atoms with Crippen LogP contribution in [0, 0.1) is 50.2 Å². The minimum absolute atomic E-state index is 0.112. The zero-order valence-electron chi connectivity index (χ0n) is 50.0. The molecule has 5 aliphatic carbocycles. The largest absolute Gasteiger partial charge is 0.479 e. The van der Waals surface area contributed by atoms with Crippen LogP contribution in [0.1, 0.15) is 107 Å². The monoisotopic (exact) mass is 1230 g/mol. The maximum absolute atomic E-state index is 14.2. The first-order valence-electron chi connectivity index (χ1n) is 29.9. The van der Waals surface area contributed by atoms with Crippen molar-refractivity contribution in [3.05, 3.63) is 23.3 Å². The van der Waals surface area contributed by atoms with E-state index in [4.69, 9.17) is 47.4 Å². The number of fused-ring (bicyclic) bond motifs is 7. The molecule has 27 nitrogen and oxygen atoms in total. The molecule has 86 heavy (non-hydrogen) atoms. The lowest BCUT2D eigenvalue weighted by molar-refractivity contribution is -0.398. The van der Waals surface area contributed by atoms with E-state index >= 15 is 0 Å². The Kier molecular flexibility index (Phi) is 19.3. The van der Waals surface area contributed by atoms with Crippen molar-refractivity contribution in [2.45, 2.75) is 242 Å². The fourth-order valence-electron chi connectivity index (χ4n) is 17.0. The van der Waals surface area contributed by atoms with Gasteiger partial charge in [-0.2, -0.15) is 0 Å². The number of carbonyl (C=O) groups excluding carboxylic acids is 3. The van der Waals surface area contributed by atoms with Crippen molar-refractivity contribution in [1.29, 1.82) is 0 Å². The van der Waals surface area contributed by atoms with Crippen molar-refractivity contribution in [3.8, 4) is 0 Å². The number of hydrogen-bond acceptors (Lipinski definition) is 26. The number of hydrogen-bond donors (Lipinski definition) is 13. The van der Waals surface area contributed by atoms with E-state index in [-0.39, 0.29) is 18.8 Å². The molecule has 9 rings (SSSR count). The second kappa shape index (κ2) is 24.8. The smallest absolute Gasteiger partial charge is 0.335 e. The van der Waals surface area contributed by atoms with Gasteiger partial charge in [0, 0.05) is 17.9 Å². The Bertz CT molecular complexity index is 2550. The summed E-state index contributed by atoms with van der Waals surface area (Å²) < 4.78 is 60.5. The molecule has 4 saturated heterocycles. The van der Waals surface area contributed by atoms with Crippen LogP contribution in [0.5, 0.6) is 0 Å². The molecule has 0 bridgehead atoms. The van der Waals surface area contributed by atoms with Crippen molar-refractivity contribution in [2.24, 2.45) is 50.2 Å². The zero-order valence-corrected chi connectivity index (χ0v) is 50.0. The number of aliphatic hydroxyl groups excluding tert-OH is 12. The molecule has 0 radical (unpaired) electrons.